The SMILES string of the molecule is CCC1=C(C(=O)Nc2ccc(CCCC3CCCCC3)nc2)c2cc(-c3cncc(CN4CCC(F)(F)C4)c3)ccc2NC1. The van der Waals surface area contributed by atoms with Crippen LogP contribution in [0.2, 0.25) is 0 Å². The second-order valence-electron chi connectivity index (χ2n) is 12.7. The van der Waals surface area contributed by atoms with Crippen LogP contribution in [-0.2, 0) is 17.8 Å². The first-order valence-electron chi connectivity index (χ1n) is 16.3. The number of aryl methyl sites for hydroxylation is 1. The van der Waals surface area contributed by atoms with Gasteiger partial charge in [0.1, 0.15) is 0 Å². The van der Waals surface area contributed by atoms with Gasteiger partial charge in [0.15, 0.2) is 0 Å². The summed E-state index contributed by atoms with van der Waals surface area (Å²) in [6.45, 7) is 3.27. The lowest BCUT2D eigenvalue weighted by atomic mass is 9.85. The number of rotatable bonds is 10. The lowest BCUT2D eigenvalue weighted by molar-refractivity contribution is -0.111. The highest BCUT2D eigenvalue weighted by molar-refractivity contribution is 6.28. The average molecular weight is 600 g/mol. The van der Waals surface area contributed by atoms with E-state index in [1.54, 1.807) is 23.5 Å². The van der Waals surface area contributed by atoms with Crippen molar-refractivity contribution in [1.29, 1.82) is 0 Å². The molecule has 1 amide bonds. The van der Waals surface area contributed by atoms with Gasteiger partial charge in [0, 0.05) is 66.5 Å². The minimum absolute atomic E-state index is 0.102. The van der Waals surface area contributed by atoms with E-state index < -0.39 is 5.92 Å². The second-order valence-corrected chi connectivity index (χ2v) is 12.7. The first-order chi connectivity index (χ1) is 21.4. The van der Waals surface area contributed by atoms with Crippen molar-refractivity contribution < 1.29 is 13.6 Å². The number of hydrogen-bond acceptors (Lipinski definition) is 5. The maximum absolute atomic E-state index is 13.8. The number of benzene rings is 1. The molecule has 1 saturated heterocycles. The monoisotopic (exact) mass is 599 g/mol. The fourth-order valence-corrected chi connectivity index (χ4v) is 6.97. The van der Waals surface area contributed by atoms with Crippen molar-refractivity contribution in [3.63, 3.8) is 0 Å². The number of nitrogens with one attached hydrogen (secondary N) is 2. The summed E-state index contributed by atoms with van der Waals surface area (Å²) in [6.07, 6.45) is 16.2. The van der Waals surface area contributed by atoms with Gasteiger partial charge in [-0.1, -0.05) is 51.5 Å². The van der Waals surface area contributed by atoms with Gasteiger partial charge in [-0.05, 0) is 72.2 Å². The summed E-state index contributed by atoms with van der Waals surface area (Å²) in [5.41, 5.74) is 7.95. The van der Waals surface area contributed by atoms with Crippen molar-refractivity contribution in [2.24, 2.45) is 5.92 Å². The van der Waals surface area contributed by atoms with Crippen LogP contribution in [0.5, 0.6) is 0 Å². The summed E-state index contributed by atoms with van der Waals surface area (Å²) in [6, 6.07) is 12.0. The number of anilines is 2. The third kappa shape index (κ3) is 7.34. The molecule has 6 nitrogen and oxygen atoms in total. The summed E-state index contributed by atoms with van der Waals surface area (Å²) in [5, 5.41) is 6.57. The number of pyridine rings is 2. The Kier molecular flexibility index (Phi) is 9.36. The molecule has 0 spiro atoms. The largest absolute Gasteiger partial charge is 0.381 e. The predicted octanol–water partition coefficient (Wildman–Crippen LogP) is 8.12. The molecule has 44 heavy (non-hydrogen) atoms. The van der Waals surface area contributed by atoms with Crippen molar-refractivity contribution in [2.45, 2.75) is 83.6 Å². The Balaban J connectivity index is 1.15. The van der Waals surface area contributed by atoms with Crippen molar-refractivity contribution in [2.75, 3.05) is 30.3 Å². The first-order valence-corrected chi connectivity index (χ1v) is 16.3. The molecule has 1 aromatic carbocycles. The third-order valence-electron chi connectivity index (χ3n) is 9.42. The molecule has 3 aliphatic rings. The predicted molar refractivity (Wildman–Crippen MR) is 173 cm³/mol. The molecule has 4 heterocycles. The van der Waals surface area contributed by atoms with E-state index in [4.69, 9.17) is 0 Å². The highest BCUT2D eigenvalue weighted by Gasteiger charge is 2.38. The number of carbonyl (C=O) groups excluding carboxylic acids is 1. The van der Waals surface area contributed by atoms with Crippen LogP contribution in [0.4, 0.5) is 20.2 Å². The zero-order chi connectivity index (χ0) is 30.5. The van der Waals surface area contributed by atoms with Crippen LogP contribution in [0.25, 0.3) is 16.7 Å². The van der Waals surface area contributed by atoms with E-state index in [9.17, 15) is 13.6 Å². The number of halogens is 2. The van der Waals surface area contributed by atoms with Crippen molar-refractivity contribution in [1.82, 2.24) is 14.9 Å². The standard InChI is InChI=1S/C36H43F2N5O/c1-2-27-21-41-33-14-11-28(29-17-26(19-39-20-29)23-43-16-15-36(37,38)24-43)18-32(33)34(27)35(44)42-31-13-12-30(40-22-31)10-6-9-25-7-4-3-5-8-25/h11-14,17-20,22,25,41H,2-10,15-16,21,23-24H2,1H3,(H,42,44). The summed E-state index contributed by atoms with van der Waals surface area (Å²) in [5.74, 6) is -1.89. The Labute approximate surface area is 259 Å². The van der Waals surface area contributed by atoms with Crippen molar-refractivity contribution in [3.8, 4) is 11.1 Å². The van der Waals surface area contributed by atoms with Gasteiger partial charge in [-0.15, -0.1) is 0 Å². The number of likely N-dealkylation sites (tertiary alicyclic amines) is 1. The van der Waals surface area contributed by atoms with E-state index in [1.807, 2.05) is 36.4 Å². The molecule has 1 aliphatic carbocycles. The molecule has 6 rings (SSSR count). The lowest BCUT2D eigenvalue weighted by Gasteiger charge is -2.25. The van der Waals surface area contributed by atoms with Crippen molar-refractivity contribution >= 4 is 22.9 Å². The fraction of sp³-hybridized carbons (Fsp3) is 0.472. The smallest absolute Gasteiger partial charge is 0.261 e. The number of amides is 1. The molecule has 8 heteroatoms. The van der Waals surface area contributed by atoms with Gasteiger partial charge >= 0.3 is 0 Å². The molecule has 0 bridgehead atoms. The summed E-state index contributed by atoms with van der Waals surface area (Å²) in [7, 11) is 0. The number of alkyl halides is 2. The topological polar surface area (TPSA) is 70.2 Å². The minimum atomic E-state index is -2.62. The Hall–Kier alpha value is -3.65. The van der Waals surface area contributed by atoms with Crippen LogP contribution < -0.4 is 10.6 Å². The number of carbonyl (C=O) groups is 1. The molecule has 232 valence electrons. The van der Waals surface area contributed by atoms with Crippen LogP contribution in [0.15, 0.2) is 60.6 Å². The second kappa shape index (κ2) is 13.6. The number of nitrogens with zero attached hydrogens (tertiary/aromatic N) is 3. The molecule has 1 saturated carbocycles. The fourth-order valence-electron chi connectivity index (χ4n) is 6.97. The van der Waals surface area contributed by atoms with E-state index in [-0.39, 0.29) is 18.9 Å². The number of aromatic nitrogens is 2. The molecule has 2 aromatic heterocycles. The van der Waals surface area contributed by atoms with E-state index in [1.165, 1.54) is 38.5 Å². The van der Waals surface area contributed by atoms with Gasteiger partial charge in [-0.25, -0.2) is 8.78 Å². The van der Waals surface area contributed by atoms with Crippen LogP contribution in [-0.4, -0.2) is 46.3 Å². The summed E-state index contributed by atoms with van der Waals surface area (Å²) in [4.78, 5) is 24.6. The molecule has 0 unspecified atom stereocenters. The summed E-state index contributed by atoms with van der Waals surface area (Å²) >= 11 is 0. The van der Waals surface area contributed by atoms with Crippen LogP contribution >= 0.6 is 0 Å². The highest BCUT2D eigenvalue weighted by atomic mass is 19.3. The average Bonchev–Trinajstić information content (AvgIpc) is 3.39. The highest BCUT2D eigenvalue weighted by Crippen LogP contribution is 2.37. The maximum Gasteiger partial charge on any atom is 0.261 e. The van der Waals surface area contributed by atoms with Crippen molar-refractivity contribution in [3.05, 3.63) is 77.4 Å². The normalized spacial score (nSPS) is 18.6. The van der Waals surface area contributed by atoms with Crippen LogP contribution in [0.1, 0.15) is 81.5 Å². The van der Waals surface area contributed by atoms with Gasteiger partial charge in [0.05, 0.1) is 18.4 Å². The quantitative estimate of drug-likeness (QED) is 0.246. The maximum atomic E-state index is 13.8. The van der Waals surface area contributed by atoms with Gasteiger partial charge in [0.25, 0.3) is 11.8 Å². The first kappa shape index (κ1) is 30.4. The Morgan fingerprint density at radius 3 is 2.68 bits per heavy atom. The molecule has 0 atom stereocenters. The lowest BCUT2D eigenvalue weighted by Crippen LogP contribution is -2.24. The van der Waals surface area contributed by atoms with E-state index >= 15 is 0 Å². The van der Waals surface area contributed by atoms with Gasteiger partial charge in [-0.3, -0.25) is 19.7 Å². The van der Waals surface area contributed by atoms with Crippen LogP contribution in [0, 0.1) is 5.92 Å². The van der Waals surface area contributed by atoms with Gasteiger partial charge in [-0.2, -0.15) is 0 Å². The van der Waals surface area contributed by atoms with Crippen LogP contribution in [0.3, 0.4) is 0 Å². The van der Waals surface area contributed by atoms with Gasteiger partial charge < -0.3 is 10.6 Å². The minimum Gasteiger partial charge on any atom is -0.381 e. The molecule has 2 aliphatic heterocycles. The third-order valence-corrected chi connectivity index (χ3v) is 9.42. The Morgan fingerprint density at radius 1 is 1.07 bits per heavy atom. The molecule has 3 aromatic rings. The molecule has 0 radical (unpaired) electrons. The number of hydrogen-bond donors (Lipinski definition) is 2. The summed E-state index contributed by atoms with van der Waals surface area (Å²) < 4.78 is 27.4. The van der Waals surface area contributed by atoms with E-state index in [0.717, 1.165) is 64.4 Å². The Bertz CT molecular complexity index is 1500. The zero-order valence-electron chi connectivity index (χ0n) is 25.7. The van der Waals surface area contributed by atoms with Gasteiger partial charge in [0.2, 0.25) is 0 Å². The molecular weight excluding hydrogens is 556 g/mol. The van der Waals surface area contributed by atoms with E-state index in [2.05, 4.69) is 27.5 Å². The molecule has 2 N–H and O–H groups in total. The Morgan fingerprint density at radius 2 is 1.93 bits per heavy atom. The zero-order valence-corrected chi connectivity index (χ0v) is 25.7. The van der Waals surface area contributed by atoms with E-state index in [0.29, 0.717) is 30.9 Å². The number of fused-ring (bicyclic) bond motifs is 1. The molecule has 2 fully saturated rings. The molecular formula is C36H43F2N5O.